The van der Waals surface area contributed by atoms with E-state index in [1.807, 2.05) is 12.1 Å². The number of nitrogens with zero attached hydrogens (tertiary/aromatic N) is 1. The highest BCUT2D eigenvalue weighted by Crippen LogP contribution is 2.34. The van der Waals surface area contributed by atoms with E-state index in [2.05, 4.69) is 36.2 Å². The molecule has 25 heavy (non-hydrogen) atoms. The number of anilines is 2. The van der Waals surface area contributed by atoms with Crippen LogP contribution in [-0.4, -0.2) is 29.1 Å². The quantitative estimate of drug-likeness (QED) is 0.701. The number of nitrogen functional groups attached to an aromatic ring is 1. The highest BCUT2D eigenvalue weighted by molar-refractivity contribution is 5.65. The van der Waals surface area contributed by atoms with Gasteiger partial charge in [0.1, 0.15) is 0 Å². The lowest BCUT2D eigenvalue weighted by molar-refractivity contribution is 0.107. The Bertz CT molecular complexity index is 522. The highest BCUT2D eigenvalue weighted by Gasteiger charge is 2.36. The number of rotatable bonds is 5. The van der Waals surface area contributed by atoms with E-state index in [1.54, 1.807) is 0 Å². The number of likely N-dealkylation sites (tertiary alicyclic amines) is 1. The van der Waals surface area contributed by atoms with Crippen LogP contribution in [0.4, 0.5) is 11.4 Å². The van der Waals surface area contributed by atoms with Gasteiger partial charge in [0, 0.05) is 24.2 Å². The molecular formula is C22H37N3. The molecule has 1 aromatic rings. The summed E-state index contributed by atoms with van der Waals surface area (Å²) in [7, 11) is 0. The van der Waals surface area contributed by atoms with Gasteiger partial charge in [-0.1, -0.05) is 44.2 Å². The zero-order valence-corrected chi connectivity index (χ0v) is 16.2. The van der Waals surface area contributed by atoms with Gasteiger partial charge in [-0.15, -0.1) is 0 Å². The lowest BCUT2D eigenvalue weighted by Gasteiger charge is -2.38. The molecule has 140 valence electrons. The predicted molar refractivity (Wildman–Crippen MR) is 109 cm³/mol. The first-order chi connectivity index (χ1) is 12.1. The summed E-state index contributed by atoms with van der Waals surface area (Å²) in [5.41, 5.74) is 8.04. The van der Waals surface area contributed by atoms with Crippen molar-refractivity contribution in [1.82, 2.24) is 4.90 Å². The number of para-hydroxylation sites is 2. The van der Waals surface area contributed by atoms with Crippen molar-refractivity contribution in [2.24, 2.45) is 0 Å². The van der Waals surface area contributed by atoms with Crippen molar-refractivity contribution in [3.8, 4) is 0 Å². The van der Waals surface area contributed by atoms with Crippen LogP contribution in [0.2, 0.25) is 0 Å². The van der Waals surface area contributed by atoms with E-state index >= 15 is 0 Å². The van der Waals surface area contributed by atoms with Gasteiger partial charge in [-0.3, -0.25) is 4.90 Å². The molecule has 3 N–H and O–H groups in total. The normalized spacial score (nSPS) is 27.6. The van der Waals surface area contributed by atoms with Gasteiger partial charge in [-0.25, -0.2) is 0 Å². The molecular weight excluding hydrogens is 306 g/mol. The van der Waals surface area contributed by atoms with E-state index < -0.39 is 0 Å². The third-order valence-corrected chi connectivity index (χ3v) is 6.33. The standard InChI is InChI=1S/C22H37N3/c1-17(24-22-13-9-8-12-21(22)23)16-20-15-14-18(2)25(20)19-10-6-4-3-5-7-11-19/h8-9,12-13,17-20,24H,3-7,10-11,14-16,23H2,1-2H3/t17-,18-,20-/m0/s1. The second-order valence-corrected chi connectivity index (χ2v) is 8.39. The molecule has 0 radical (unpaired) electrons. The number of nitrogens with one attached hydrogen (secondary N) is 1. The average molecular weight is 344 g/mol. The predicted octanol–water partition coefficient (Wildman–Crippen LogP) is 5.43. The van der Waals surface area contributed by atoms with Gasteiger partial charge < -0.3 is 11.1 Å². The molecule has 1 saturated heterocycles. The van der Waals surface area contributed by atoms with E-state index in [0.717, 1.165) is 29.5 Å². The molecule has 3 rings (SSSR count). The van der Waals surface area contributed by atoms with Crippen LogP contribution < -0.4 is 11.1 Å². The summed E-state index contributed by atoms with van der Waals surface area (Å²) in [5, 5.41) is 3.65. The van der Waals surface area contributed by atoms with E-state index in [1.165, 1.54) is 64.2 Å². The Morgan fingerprint density at radius 3 is 2.44 bits per heavy atom. The minimum atomic E-state index is 0.455. The summed E-state index contributed by atoms with van der Waals surface area (Å²) in [5.74, 6) is 0. The molecule has 0 bridgehead atoms. The number of benzene rings is 1. The Kier molecular flexibility index (Phi) is 6.63. The smallest absolute Gasteiger partial charge is 0.0575 e. The molecule has 1 aromatic carbocycles. The van der Waals surface area contributed by atoms with E-state index in [9.17, 15) is 0 Å². The van der Waals surface area contributed by atoms with Gasteiger partial charge in [0.05, 0.1) is 11.4 Å². The molecule has 3 nitrogen and oxygen atoms in total. The van der Waals surface area contributed by atoms with Crippen molar-refractivity contribution in [2.75, 3.05) is 11.1 Å². The second-order valence-electron chi connectivity index (χ2n) is 8.39. The molecule has 0 aromatic heterocycles. The molecule has 0 spiro atoms. The van der Waals surface area contributed by atoms with Gasteiger partial charge in [-0.2, -0.15) is 0 Å². The van der Waals surface area contributed by atoms with Crippen LogP contribution in [0.25, 0.3) is 0 Å². The largest absolute Gasteiger partial charge is 0.397 e. The van der Waals surface area contributed by atoms with Crippen LogP contribution in [0.15, 0.2) is 24.3 Å². The summed E-state index contributed by atoms with van der Waals surface area (Å²) in [6, 6.07) is 10.9. The monoisotopic (exact) mass is 343 g/mol. The SMILES string of the molecule is C[C@@H](C[C@@H]1CC[C@H](C)N1C1CCCCCCC1)Nc1ccccc1N. The van der Waals surface area contributed by atoms with Crippen molar-refractivity contribution >= 4 is 11.4 Å². The molecule has 2 fully saturated rings. The van der Waals surface area contributed by atoms with Gasteiger partial charge in [0.2, 0.25) is 0 Å². The average Bonchev–Trinajstić information content (AvgIpc) is 2.90. The van der Waals surface area contributed by atoms with Crippen LogP contribution >= 0.6 is 0 Å². The Balaban J connectivity index is 1.60. The van der Waals surface area contributed by atoms with Crippen molar-refractivity contribution in [3.05, 3.63) is 24.3 Å². The van der Waals surface area contributed by atoms with Crippen molar-refractivity contribution < 1.29 is 0 Å². The van der Waals surface area contributed by atoms with E-state index in [0.29, 0.717) is 6.04 Å². The first kappa shape index (κ1) is 18.6. The third-order valence-electron chi connectivity index (χ3n) is 6.33. The van der Waals surface area contributed by atoms with Crippen molar-refractivity contribution in [3.63, 3.8) is 0 Å². The molecule has 0 amide bonds. The second kappa shape index (κ2) is 8.93. The summed E-state index contributed by atoms with van der Waals surface area (Å²) < 4.78 is 0. The van der Waals surface area contributed by atoms with Crippen molar-refractivity contribution in [2.45, 2.75) is 102 Å². The Hall–Kier alpha value is -1.22. The molecule has 2 aliphatic rings. The number of hydrogen-bond donors (Lipinski definition) is 2. The fourth-order valence-electron chi connectivity index (χ4n) is 5.08. The minimum absolute atomic E-state index is 0.455. The van der Waals surface area contributed by atoms with Crippen LogP contribution in [0.3, 0.4) is 0 Å². The molecule has 1 aliphatic carbocycles. The molecule has 1 heterocycles. The molecule has 3 heteroatoms. The molecule has 0 unspecified atom stereocenters. The summed E-state index contributed by atoms with van der Waals surface area (Å²) >= 11 is 0. The van der Waals surface area contributed by atoms with Gasteiger partial charge in [0.15, 0.2) is 0 Å². The van der Waals surface area contributed by atoms with Crippen molar-refractivity contribution in [1.29, 1.82) is 0 Å². The molecule has 3 atom stereocenters. The number of hydrogen-bond acceptors (Lipinski definition) is 3. The Morgan fingerprint density at radius 2 is 1.72 bits per heavy atom. The van der Waals surface area contributed by atoms with Gasteiger partial charge >= 0.3 is 0 Å². The van der Waals surface area contributed by atoms with Crippen LogP contribution in [0.1, 0.15) is 78.1 Å². The lowest BCUT2D eigenvalue weighted by Crippen LogP contribution is -2.45. The summed E-state index contributed by atoms with van der Waals surface area (Å²) in [6.07, 6.45) is 13.9. The first-order valence-electron chi connectivity index (χ1n) is 10.5. The number of nitrogens with two attached hydrogens (primary N) is 1. The first-order valence-corrected chi connectivity index (χ1v) is 10.5. The maximum Gasteiger partial charge on any atom is 0.0575 e. The maximum atomic E-state index is 6.10. The summed E-state index contributed by atoms with van der Waals surface area (Å²) in [4.78, 5) is 2.90. The third kappa shape index (κ3) is 4.91. The molecule has 1 saturated carbocycles. The van der Waals surface area contributed by atoms with Gasteiger partial charge in [-0.05, 0) is 58.1 Å². The zero-order valence-electron chi connectivity index (χ0n) is 16.2. The van der Waals surface area contributed by atoms with Crippen LogP contribution in [-0.2, 0) is 0 Å². The van der Waals surface area contributed by atoms with Crippen LogP contribution in [0.5, 0.6) is 0 Å². The lowest BCUT2D eigenvalue weighted by atomic mass is 9.94. The molecule has 1 aliphatic heterocycles. The Labute approximate surface area is 154 Å². The van der Waals surface area contributed by atoms with Crippen LogP contribution in [0, 0.1) is 0 Å². The topological polar surface area (TPSA) is 41.3 Å². The Morgan fingerprint density at radius 1 is 1.04 bits per heavy atom. The fourth-order valence-corrected chi connectivity index (χ4v) is 5.08. The van der Waals surface area contributed by atoms with E-state index in [4.69, 9.17) is 5.73 Å². The minimum Gasteiger partial charge on any atom is -0.397 e. The summed E-state index contributed by atoms with van der Waals surface area (Å²) in [6.45, 7) is 4.76. The van der Waals surface area contributed by atoms with E-state index in [-0.39, 0.29) is 0 Å². The fraction of sp³-hybridized carbons (Fsp3) is 0.727. The zero-order chi connectivity index (χ0) is 17.6. The maximum absolute atomic E-state index is 6.10. The van der Waals surface area contributed by atoms with Gasteiger partial charge in [0.25, 0.3) is 0 Å². The highest BCUT2D eigenvalue weighted by atomic mass is 15.2.